The van der Waals surface area contributed by atoms with E-state index in [1.807, 2.05) is 32.0 Å². The van der Waals surface area contributed by atoms with Crippen LogP contribution in [0.1, 0.15) is 60.5 Å². The van der Waals surface area contributed by atoms with Crippen LogP contribution in [0.25, 0.3) is 0 Å². The summed E-state index contributed by atoms with van der Waals surface area (Å²) in [5, 5.41) is 3.64. The van der Waals surface area contributed by atoms with Gasteiger partial charge in [0.15, 0.2) is 5.75 Å². The summed E-state index contributed by atoms with van der Waals surface area (Å²) in [6, 6.07) is 9.08. The van der Waals surface area contributed by atoms with Crippen molar-refractivity contribution in [2.45, 2.75) is 52.9 Å². The molecule has 0 heterocycles. The molecule has 0 aliphatic heterocycles. The fraction of sp³-hybridized carbons (Fsp3) is 0.409. The van der Waals surface area contributed by atoms with E-state index in [1.54, 1.807) is 12.1 Å². The third kappa shape index (κ3) is 6.15. The highest BCUT2D eigenvalue weighted by atomic mass is 35.5. The summed E-state index contributed by atoms with van der Waals surface area (Å²) >= 11 is 12.6. The van der Waals surface area contributed by atoms with E-state index in [-0.39, 0.29) is 5.91 Å². The molecule has 1 N–H and O–H groups in total. The van der Waals surface area contributed by atoms with Crippen molar-refractivity contribution in [1.82, 2.24) is 0 Å². The number of halogens is 2. The van der Waals surface area contributed by atoms with Gasteiger partial charge in [-0.2, -0.15) is 0 Å². The number of ether oxygens (including phenoxy) is 1. The van der Waals surface area contributed by atoms with Gasteiger partial charge in [0.1, 0.15) is 0 Å². The van der Waals surface area contributed by atoms with Crippen molar-refractivity contribution in [3.63, 3.8) is 0 Å². The van der Waals surface area contributed by atoms with E-state index in [0.29, 0.717) is 28.0 Å². The number of amides is 1. The molecule has 3 nitrogen and oxygen atoms in total. The Morgan fingerprint density at radius 3 is 2.19 bits per heavy atom. The lowest BCUT2D eigenvalue weighted by Crippen LogP contribution is -2.14. The van der Waals surface area contributed by atoms with Crippen LogP contribution in [0.5, 0.6) is 5.75 Å². The number of anilines is 1. The van der Waals surface area contributed by atoms with Gasteiger partial charge in [-0.1, -0.05) is 74.0 Å². The molecule has 2 rings (SSSR count). The van der Waals surface area contributed by atoms with Crippen LogP contribution in [-0.2, 0) is 0 Å². The molecule has 0 atom stereocenters. The van der Waals surface area contributed by atoms with Gasteiger partial charge in [0, 0.05) is 11.3 Å². The summed E-state index contributed by atoms with van der Waals surface area (Å²) in [6.45, 7) is 6.67. The summed E-state index contributed by atoms with van der Waals surface area (Å²) in [5.41, 5.74) is 3.22. The third-order valence-electron chi connectivity index (χ3n) is 4.47. The molecular weight excluding hydrogens is 381 g/mol. The number of aryl methyl sites for hydroxylation is 2. The first-order chi connectivity index (χ1) is 12.9. The Bertz CT molecular complexity index is 747. The Hall–Kier alpha value is -1.71. The second-order valence-electron chi connectivity index (χ2n) is 6.75. The van der Waals surface area contributed by atoms with Crippen molar-refractivity contribution in [2.75, 3.05) is 11.9 Å². The number of carbonyl (C=O) groups excluding carboxylic acids is 1. The van der Waals surface area contributed by atoms with Crippen LogP contribution < -0.4 is 10.1 Å². The van der Waals surface area contributed by atoms with E-state index in [9.17, 15) is 4.79 Å². The van der Waals surface area contributed by atoms with Gasteiger partial charge in [-0.25, -0.2) is 0 Å². The van der Waals surface area contributed by atoms with Gasteiger partial charge >= 0.3 is 0 Å². The molecule has 0 aromatic heterocycles. The zero-order valence-electron chi connectivity index (χ0n) is 16.2. The minimum atomic E-state index is -0.248. The number of unbranched alkanes of at least 4 members (excludes halogenated alkanes) is 4. The van der Waals surface area contributed by atoms with Crippen molar-refractivity contribution in [3.8, 4) is 5.75 Å². The third-order valence-corrected chi connectivity index (χ3v) is 5.04. The molecule has 0 aliphatic carbocycles. The molecule has 27 heavy (non-hydrogen) atoms. The van der Waals surface area contributed by atoms with E-state index >= 15 is 0 Å². The van der Waals surface area contributed by atoms with Crippen LogP contribution in [0.2, 0.25) is 10.0 Å². The first-order valence-corrected chi connectivity index (χ1v) is 10.2. The normalized spacial score (nSPS) is 10.7. The van der Waals surface area contributed by atoms with E-state index in [0.717, 1.165) is 29.7 Å². The molecule has 0 unspecified atom stereocenters. The van der Waals surface area contributed by atoms with Crippen LogP contribution >= 0.6 is 23.2 Å². The Kier molecular flexibility index (Phi) is 8.46. The minimum absolute atomic E-state index is 0.248. The Morgan fingerprint density at radius 1 is 1.00 bits per heavy atom. The van der Waals surface area contributed by atoms with Gasteiger partial charge in [-0.05, 0) is 43.5 Å². The maximum atomic E-state index is 12.6. The van der Waals surface area contributed by atoms with Crippen molar-refractivity contribution < 1.29 is 9.53 Å². The number of nitrogens with one attached hydrogen (secondary N) is 1. The highest BCUT2D eigenvalue weighted by molar-refractivity contribution is 6.37. The van der Waals surface area contributed by atoms with Crippen LogP contribution in [0.3, 0.4) is 0 Å². The van der Waals surface area contributed by atoms with E-state index in [2.05, 4.69) is 12.2 Å². The van der Waals surface area contributed by atoms with Gasteiger partial charge in [0.25, 0.3) is 5.91 Å². The van der Waals surface area contributed by atoms with Crippen LogP contribution in [0.15, 0.2) is 30.3 Å². The minimum Gasteiger partial charge on any atom is -0.490 e. The van der Waals surface area contributed by atoms with Crippen molar-refractivity contribution in [3.05, 3.63) is 57.1 Å². The van der Waals surface area contributed by atoms with E-state index in [4.69, 9.17) is 27.9 Å². The summed E-state index contributed by atoms with van der Waals surface area (Å²) in [6.07, 6.45) is 5.75. The average Bonchev–Trinajstić information content (AvgIpc) is 2.62. The molecule has 0 radical (unpaired) electrons. The predicted octanol–water partition coefficient (Wildman–Crippen LogP) is 7.21. The largest absolute Gasteiger partial charge is 0.490 e. The van der Waals surface area contributed by atoms with Gasteiger partial charge in [-0.3, -0.25) is 4.79 Å². The average molecular weight is 408 g/mol. The molecule has 2 aromatic carbocycles. The molecule has 1 amide bonds. The zero-order valence-corrected chi connectivity index (χ0v) is 17.7. The van der Waals surface area contributed by atoms with Crippen LogP contribution in [0, 0.1) is 13.8 Å². The van der Waals surface area contributed by atoms with Gasteiger partial charge in [0.2, 0.25) is 0 Å². The maximum absolute atomic E-state index is 12.6. The lowest BCUT2D eigenvalue weighted by molar-refractivity contribution is 0.102. The maximum Gasteiger partial charge on any atom is 0.255 e. The fourth-order valence-electron chi connectivity index (χ4n) is 2.91. The molecule has 0 fully saturated rings. The molecule has 0 aliphatic rings. The molecule has 0 spiro atoms. The molecule has 146 valence electrons. The number of hydrogen-bond acceptors (Lipinski definition) is 2. The molecule has 0 saturated carbocycles. The summed E-state index contributed by atoms with van der Waals surface area (Å²) < 4.78 is 5.74. The summed E-state index contributed by atoms with van der Waals surface area (Å²) in [5.74, 6) is 0.194. The monoisotopic (exact) mass is 407 g/mol. The SMILES string of the molecule is CCCCCCCOc1c(Cl)cc(C(=O)Nc2c(C)cccc2C)cc1Cl. The number of benzene rings is 2. The van der Waals surface area contributed by atoms with E-state index in [1.165, 1.54) is 19.3 Å². The predicted molar refractivity (Wildman–Crippen MR) is 115 cm³/mol. The Labute approximate surface area is 172 Å². The Balaban J connectivity index is 2.03. The van der Waals surface area contributed by atoms with E-state index < -0.39 is 0 Å². The smallest absolute Gasteiger partial charge is 0.255 e. The lowest BCUT2D eigenvalue weighted by atomic mass is 10.1. The fourth-order valence-corrected chi connectivity index (χ4v) is 3.50. The molecule has 5 heteroatoms. The highest BCUT2D eigenvalue weighted by Crippen LogP contribution is 2.35. The first-order valence-electron chi connectivity index (χ1n) is 9.43. The number of para-hydroxylation sites is 1. The second-order valence-corrected chi connectivity index (χ2v) is 7.57. The molecule has 0 saturated heterocycles. The standard InChI is InChI=1S/C22H27Cl2NO2/c1-4-5-6-7-8-12-27-21-18(23)13-17(14-19(21)24)22(26)25-20-15(2)10-9-11-16(20)3/h9-11,13-14H,4-8,12H2,1-3H3,(H,25,26). The highest BCUT2D eigenvalue weighted by Gasteiger charge is 2.15. The summed E-state index contributed by atoms with van der Waals surface area (Å²) in [4.78, 5) is 12.6. The van der Waals surface area contributed by atoms with Gasteiger partial charge in [0.05, 0.1) is 16.7 Å². The first kappa shape index (κ1) is 21.6. The summed E-state index contributed by atoms with van der Waals surface area (Å²) in [7, 11) is 0. The quantitative estimate of drug-likeness (QED) is 0.445. The number of carbonyl (C=O) groups is 1. The van der Waals surface area contributed by atoms with Crippen molar-refractivity contribution in [1.29, 1.82) is 0 Å². The molecule has 0 bridgehead atoms. The number of hydrogen-bond donors (Lipinski definition) is 1. The number of rotatable bonds is 9. The second kappa shape index (κ2) is 10.6. The van der Waals surface area contributed by atoms with Crippen molar-refractivity contribution >= 4 is 34.8 Å². The molecule has 2 aromatic rings. The Morgan fingerprint density at radius 2 is 1.59 bits per heavy atom. The van der Waals surface area contributed by atoms with Crippen LogP contribution in [0.4, 0.5) is 5.69 Å². The topological polar surface area (TPSA) is 38.3 Å². The zero-order chi connectivity index (χ0) is 19.8. The van der Waals surface area contributed by atoms with Gasteiger partial charge < -0.3 is 10.1 Å². The van der Waals surface area contributed by atoms with Gasteiger partial charge in [-0.15, -0.1) is 0 Å². The lowest BCUT2D eigenvalue weighted by Gasteiger charge is -2.14. The van der Waals surface area contributed by atoms with Crippen LogP contribution in [-0.4, -0.2) is 12.5 Å². The molecular formula is C22H27Cl2NO2. The van der Waals surface area contributed by atoms with Crippen molar-refractivity contribution in [2.24, 2.45) is 0 Å².